The summed E-state index contributed by atoms with van der Waals surface area (Å²) in [7, 11) is 0. The van der Waals surface area contributed by atoms with Gasteiger partial charge in [0, 0.05) is 5.02 Å². The average Bonchev–Trinajstić information content (AvgIpc) is 2.98. The molecule has 0 atom stereocenters. The van der Waals surface area contributed by atoms with Crippen LogP contribution >= 0.6 is 11.6 Å². The molecule has 0 radical (unpaired) electrons. The summed E-state index contributed by atoms with van der Waals surface area (Å²) in [6.07, 6.45) is 1.16. The zero-order chi connectivity index (χ0) is 12.5. The van der Waals surface area contributed by atoms with Gasteiger partial charge in [0.1, 0.15) is 5.54 Å². The summed E-state index contributed by atoms with van der Waals surface area (Å²) in [6, 6.07) is 6.96. The number of halogens is 1. The molecule has 2 rings (SSSR count). The molecule has 1 fully saturated rings. The molecule has 1 aromatic carbocycles. The Kier molecular flexibility index (Phi) is 3.07. The van der Waals surface area contributed by atoms with E-state index in [4.69, 9.17) is 16.7 Å². The molecule has 0 aromatic heterocycles. The Labute approximate surface area is 104 Å². The van der Waals surface area contributed by atoms with E-state index < -0.39 is 11.5 Å². The molecule has 2 N–H and O–H groups in total. The van der Waals surface area contributed by atoms with E-state index >= 15 is 0 Å². The third-order valence-electron chi connectivity index (χ3n) is 2.79. The summed E-state index contributed by atoms with van der Waals surface area (Å²) < 4.78 is 0. The number of carbonyl (C=O) groups is 2. The van der Waals surface area contributed by atoms with E-state index in [1.807, 2.05) is 0 Å². The van der Waals surface area contributed by atoms with E-state index in [-0.39, 0.29) is 12.3 Å². The molecular weight excluding hydrogens is 242 g/mol. The fourth-order valence-corrected chi connectivity index (χ4v) is 1.87. The van der Waals surface area contributed by atoms with Crippen LogP contribution < -0.4 is 5.32 Å². The lowest BCUT2D eigenvalue weighted by molar-refractivity contribution is -0.143. The molecule has 4 nitrogen and oxygen atoms in total. The smallest absolute Gasteiger partial charge is 0.329 e. The first kappa shape index (κ1) is 11.9. The number of benzene rings is 1. The summed E-state index contributed by atoms with van der Waals surface area (Å²) in [4.78, 5) is 22.6. The van der Waals surface area contributed by atoms with Gasteiger partial charge in [-0.2, -0.15) is 0 Å². The second-order valence-electron chi connectivity index (χ2n) is 4.24. The van der Waals surface area contributed by atoms with Crippen LogP contribution in [0.25, 0.3) is 0 Å². The van der Waals surface area contributed by atoms with Gasteiger partial charge in [-0.3, -0.25) is 4.79 Å². The predicted octanol–water partition coefficient (Wildman–Crippen LogP) is 1.62. The average molecular weight is 254 g/mol. The summed E-state index contributed by atoms with van der Waals surface area (Å²) in [5.74, 6) is -1.25. The normalized spacial score (nSPS) is 16.3. The lowest BCUT2D eigenvalue weighted by Gasteiger charge is -2.12. The second-order valence-corrected chi connectivity index (χ2v) is 4.68. The first-order valence-corrected chi connectivity index (χ1v) is 5.68. The lowest BCUT2D eigenvalue weighted by Crippen LogP contribution is -2.43. The summed E-state index contributed by atoms with van der Waals surface area (Å²) in [5.41, 5.74) is -0.244. The first-order chi connectivity index (χ1) is 8.02. The van der Waals surface area contributed by atoms with Crippen LogP contribution in [0.1, 0.15) is 18.4 Å². The lowest BCUT2D eigenvalue weighted by atomic mass is 10.1. The maximum Gasteiger partial charge on any atom is 0.329 e. The largest absolute Gasteiger partial charge is 0.480 e. The van der Waals surface area contributed by atoms with Gasteiger partial charge in [-0.1, -0.05) is 23.7 Å². The molecule has 1 saturated carbocycles. The number of aliphatic carboxylic acids is 1. The quantitative estimate of drug-likeness (QED) is 0.857. The van der Waals surface area contributed by atoms with Crippen LogP contribution in [0.15, 0.2) is 24.3 Å². The maximum atomic E-state index is 11.7. The highest BCUT2D eigenvalue weighted by Gasteiger charge is 2.51. The minimum absolute atomic E-state index is 0.148. The highest BCUT2D eigenvalue weighted by Crippen LogP contribution is 2.35. The minimum Gasteiger partial charge on any atom is -0.480 e. The van der Waals surface area contributed by atoms with Crippen molar-refractivity contribution in [2.24, 2.45) is 0 Å². The Bertz CT molecular complexity index is 469. The number of hydrogen-bond acceptors (Lipinski definition) is 2. The van der Waals surface area contributed by atoms with Crippen molar-refractivity contribution in [2.45, 2.75) is 24.8 Å². The predicted molar refractivity (Wildman–Crippen MR) is 62.9 cm³/mol. The summed E-state index contributed by atoms with van der Waals surface area (Å²) in [5, 5.41) is 12.0. The molecule has 0 bridgehead atoms. The first-order valence-electron chi connectivity index (χ1n) is 5.31. The molecule has 17 heavy (non-hydrogen) atoms. The Morgan fingerprint density at radius 1 is 1.41 bits per heavy atom. The Hall–Kier alpha value is -1.55. The molecule has 1 aromatic rings. The third-order valence-corrected chi connectivity index (χ3v) is 3.03. The van der Waals surface area contributed by atoms with Gasteiger partial charge in [0.25, 0.3) is 0 Å². The van der Waals surface area contributed by atoms with Crippen molar-refractivity contribution >= 4 is 23.5 Å². The second kappa shape index (κ2) is 4.37. The number of nitrogens with one attached hydrogen (secondary N) is 1. The van der Waals surface area contributed by atoms with Gasteiger partial charge in [0.15, 0.2) is 0 Å². The number of carboxylic acid groups (broad SMARTS) is 1. The molecule has 1 aliphatic rings. The molecule has 90 valence electrons. The molecular formula is C12H12ClNO3. The monoisotopic (exact) mass is 253 g/mol. The highest BCUT2D eigenvalue weighted by molar-refractivity contribution is 6.30. The number of carboxylic acids is 1. The van der Waals surface area contributed by atoms with E-state index in [9.17, 15) is 9.59 Å². The van der Waals surface area contributed by atoms with Crippen LogP contribution in [-0.4, -0.2) is 22.5 Å². The molecule has 1 aliphatic carbocycles. The van der Waals surface area contributed by atoms with Crippen molar-refractivity contribution in [1.82, 2.24) is 5.32 Å². The van der Waals surface area contributed by atoms with Gasteiger partial charge in [0.2, 0.25) is 5.91 Å². The molecule has 0 aliphatic heterocycles. The molecule has 0 unspecified atom stereocenters. The van der Waals surface area contributed by atoms with Crippen LogP contribution in [0.4, 0.5) is 0 Å². The Balaban J connectivity index is 1.96. The number of amides is 1. The van der Waals surface area contributed by atoms with Gasteiger partial charge in [-0.15, -0.1) is 0 Å². The molecule has 0 saturated heterocycles. The fraction of sp³-hybridized carbons (Fsp3) is 0.333. The summed E-state index contributed by atoms with van der Waals surface area (Å²) >= 11 is 5.80. The molecule has 1 amide bonds. The van der Waals surface area contributed by atoms with E-state index in [1.54, 1.807) is 24.3 Å². The third kappa shape index (κ3) is 2.77. The SMILES string of the molecule is O=C(Cc1cccc(Cl)c1)NC1(C(=O)O)CC1. The van der Waals surface area contributed by atoms with Crippen LogP contribution in [0, 0.1) is 0 Å². The van der Waals surface area contributed by atoms with Crippen LogP contribution in [0.2, 0.25) is 5.02 Å². The van der Waals surface area contributed by atoms with Crippen LogP contribution in [0.5, 0.6) is 0 Å². The van der Waals surface area contributed by atoms with Gasteiger partial charge in [-0.05, 0) is 30.5 Å². The van der Waals surface area contributed by atoms with Gasteiger partial charge < -0.3 is 10.4 Å². The van der Waals surface area contributed by atoms with Crippen molar-refractivity contribution in [2.75, 3.05) is 0 Å². The minimum atomic E-state index is -1.02. The van der Waals surface area contributed by atoms with Crippen LogP contribution in [-0.2, 0) is 16.0 Å². The highest BCUT2D eigenvalue weighted by atomic mass is 35.5. The van der Waals surface area contributed by atoms with Crippen molar-refractivity contribution < 1.29 is 14.7 Å². The van der Waals surface area contributed by atoms with Crippen molar-refractivity contribution in [3.63, 3.8) is 0 Å². The Morgan fingerprint density at radius 3 is 2.65 bits per heavy atom. The van der Waals surface area contributed by atoms with E-state index in [2.05, 4.69) is 5.32 Å². The van der Waals surface area contributed by atoms with E-state index in [0.717, 1.165) is 5.56 Å². The number of carbonyl (C=O) groups excluding carboxylic acids is 1. The molecule has 5 heteroatoms. The fourth-order valence-electron chi connectivity index (χ4n) is 1.66. The van der Waals surface area contributed by atoms with Crippen molar-refractivity contribution in [3.8, 4) is 0 Å². The topological polar surface area (TPSA) is 66.4 Å². The number of rotatable bonds is 4. The molecule has 0 spiro atoms. The van der Waals surface area contributed by atoms with E-state index in [1.165, 1.54) is 0 Å². The van der Waals surface area contributed by atoms with Crippen molar-refractivity contribution in [1.29, 1.82) is 0 Å². The van der Waals surface area contributed by atoms with Crippen molar-refractivity contribution in [3.05, 3.63) is 34.9 Å². The van der Waals surface area contributed by atoms with Gasteiger partial charge in [0.05, 0.1) is 6.42 Å². The van der Waals surface area contributed by atoms with Crippen LogP contribution in [0.3, 0.4) is 0 Å². The Morgan fingerprint density at radius 2 is 2.12 bits per heavy atom. The van der Waals surface area contributed by atoms with E-state index in [0.29, 0.717) is 17.9 Å². The standard InChI is InChI=1S/C12H12ClNO3/c13-9-3-1-2-8(6-9)7-10(15)14-12(4-5-12)11(16)17/h1-3,6H,4-5,7H2,(H,14,15)(H,16,17). The zero-order valence-electron chi connectivity index (χ0n) is 9.07. The summed E-state index contributed by atoms with van der Waals surface area (Å²) in [6.45, 7) is 0. The molecule has 0 heterocycles. The maximum absolute atomic E-state index is 11.7. The van der Waals surface area contributed by atoms with Gasteiger partial charge >= 0.3 is 5.97 Å². The zero-order valence-corrected chi connectivity index (χ0v) is 9.83. The number of hydrogen-bond donors (Lipinski definition) is 2. The van der Waals surface area contributed by atoms with Gasteiger partial charge in [-0.25, -0.2) is 4.79 Å².